The standard InChI is InChI=1S/C15H23NO2.C10H19NO.CH3NO/c1-17-14-8-7-13(12-15(14)18-2)6-5-11-16-9-3-4-10-16;1-9-2-5-11(8-9)10-3-6-12-7-4-10;2-1-3/h7-8,12H,3-6,9-11H2,1-2H3;9-10H,2-8H2,1H3;1H,(H2,2,3)/t;9-;/m.1./s1. The fourth-order valence-electron chi connectivity index (χ4n) is 4.90. The number of rotatable bonds is 7. The molecule has 3 fully saturated rings. The molecule has 0 aromatic heterocycles. The molecule has 1 amide bonds. The van der Waals surface area contributed by atoms with Crippen molar-refractivity contribution >= 4 is 6.41 Å². The number of benzene rings is 1. The largest absolute Gasteiger partial charge is 0.493 e. The molecule has 1 aromatic carbocycles. The molecule has 7 nitrogen and oxygen atoms in total. The molecule has 1 aromatic rings. The van der Waals surface area contributed by atoms with Gasteiger partial charge in [0.1, 0.15) is 0 Å². The Bertz CT molecular complexity index is 658. The van der Waals surface area contributed by atoms with Gasteiger partial charge in [-0.25, -0.2) is 0 Å². The first-order chi connectivity index (χ1) is 16.1. The maximum absolute atomic E-state index is 8.58. The minimum Gasteiger partial charge on any atom is -0.493 e. The van der Waals surface area contributed by atoms with Crippen LogP contribution in [0.25, 0.3) is 0 Å². The molecule has 3 heterocycles. The number of methoxy groups -OCH3 is 2. The van der Waals surface area contributed by atoms with E-state index >= 15 is 0 Å². The van der Waals surface area contributed by atoms with Gasteiger partial charge >= 0.3 is 0 Å². The van der Waals surface area contributed by atoms with Gasteiger partial charge in [-0.15, -0.1) is 0 Å². The molecule has 3 aliphatic heterocycles. The van der Waals surface area contributed by atoms with Gasteiger partial charge in [-0.3, -0.25) is 9.69 Å². The zero-order chi connectivity index (χ0) is 23.9. The topological polar surface area (TPSA) is 77.3 Å². The molecule has 4 rings (SSSR count). The van der Waals surface area contributed by atoms with Gasteiger partial charge in [0.25, 0.3) is 0 Å². The van der Waals surface area contributed by atoms with Crippen molar-refractivity contribution in [1.82, 2.24) is 9.80 Å². The molecule has 0 spiro atoms. The molecule has 1 atom stereocenters. The van der Waals surface area contributed by atoms with Crippen LogP contribution in [0.1, 0.15) is 51.0 Å². The molecule has 3 aliphatic rings. The second-order valence-electron chi connectivity index (χ2n) is 9.21. The van der Waals surface area contributed by atoms with E-state index in [1.54, 1.807) is 14.2 Å². The Morgan fingerprint density at radius 2 is 1.73 bits per heavy atom. The Kier molecular flexibility index (Phi) is 13.2. The van der Waals surface area contributed by atoms with Crippen LogP contribution in [0.4, 0.5) is 0 Å². The molecule has 188 valence electrons. The van der Waals surface area contributed by atoms with Crippen molar-refractivity contribution in [3.63, 3.8) is 0 Å². The van der Waals surface area contributed by atoms with Crippen molar-refractivity contribution in [1.29, 1.82) is 0 Å². The highest BCUT2D eigenvalue weighted by atomic mass is 16.5. The van der Waals surface area contributed by atoms with E-state index in [1.165, 1.54) is 76.8 Å². The van der Waals surface area contributed by atoms with E-state index in [2.05, 4.69) is 34.6 Å². The Hall–Kier alpha value is -1.83. The number of carbonyl (C=O) groups is 1. The van der Waals surface area contributed by atoms with E-state index in [-0.39, 0.29) is 6.41 Å². The lowest BCUT2D eigenvalue weighted by Crippen LogP contribution is -2.37. The minimum atomic E-state index is 0.250. The maximum atomic E-state index is 8.58. The fraction of sp³-hybridized carbons (Fsp3) is 0.731. The lowest BCUT2D eigenvalue weighted by Gasteiger charge is -2.30. The molecule has 0 bridgehead atoms. The van der Waals surface area contributed by atoms with Crippen LogP contribution in [0, 0.1) is 5.92 Å². The molecule has 7 heteroatoms. The van der Waals surface area contributed by atoms with E-state index in [9.17, 15) is 0 Å². The highest BCUT2D eigenvalue weighted by molar-refractivity contribution is 5.43. The van der Waals surface area contributed by atoms with Crippen LogP contribution in [0.3, 0.4) is 0 Å². The van der Waals surface area contributed by atoms with Gasteiger partial charge in [0.2, 0.25) is 6.41 Å². The fourth-order valence-corrected chi connectivity index (χ4v) is 4.90. The normalized spacial score (nSPS) is 21.5. The van der Waals surface area contributed by atoms with Gasteiger partial charge in [0.05, 0.1) is 14.2 Å². The third kappa shape index (κ3) is 9.90. The van der Waals surface area contributed by atoms with Crippen LogP contribution >= 0.6 is 0 Å². The number of hydrogen-bond donors (Lipinski definition) is 1. The molecule has 33 heavy (non-hydrogen) atoms. The summed E-state index contributed by atoms with van der Waals surface area (Å²) in [6.07, 6.45) is 9.23. The van der Waals surface area contributed by atoms with Crippen LogP contribution in [-0.4, -0.2) is 82.4 Å². The molecular weight excluding hydrogens is 418 g/mol. The molecule has 3 saturated heterocycles. The van der Waals surface area contributed by atoms with Gasteiger partial charge in [-0.05, 0) is 94.7 Å². The van der Waals surface area contributed by atoms with Gasteiger partial charge in [0, 0.05) is 25.8 Å². The number of nitrogens with two attached hydrogens (primary N) is 1. The number of nitrogens with zero attached hydrogens (tertiary/aromatic N) is 2. The summed E-state index contributed by atoms with van der Waals surface area (Å²) in [6.45, 7) is 10.8. The highest BCUT2D eigenvalue weighted by Crippen LogP contribution is 2.28. The lowest BCUT2D eigenvalue weighted by atomic mass is 10.1. The number of aryl methyl sites for hydroxylation is 1. The molecule has 0 aliphatic carbocycles. The summed E-state index contributed by atoms with van der Waals surface area (Å²) in [6, 6.07) is 7.04. The first-order valence-corrected chi connectivity index (χ1v) is 12.5. The van der Waals surface area contributed by atoms with Crippen molar-refractivity contribution in [3.8, 4) is 11.5 Å². The van der Waals surface area contributed by atoms with Crippen molar-refractivity contribution in [2.75, 3.05) is 60.2 Å². The molecule has 0 radical (unpaired) electrons. The summed E-state index contributed by atoms with van der Waals surface area (Å²) < 4.78 is 15.9. The number of amides is 1. The minimum absolute atomic E-state index is 0.250. The van der Waals surface area contributed by atoms with Gasteiger partial charge in [-0.2, -0.15) is 0 Å². The van der Waals surface area contributed by atoms with Gasteiger partial charge < -0.3 is 24.8 Å². The first kappa shape index (κ1) is 27.4. The third-order valence-electron chi connectivity index (χ3n) is 6.75. The van der Waals surface area contributed by atoms with Crippen LogP contribution in [0.15, 0.2) is 18.2 Å². The molecular formula is C26H45N3O4. The second kappa shape index (κ2) is 15.9. The van der Waals surface area contributed by atoms with Crippen LogP contribution in [0.5, 0.6) is 11.5 Å². The number of carbonyl (C=O) groups excluding carboxylic acids is 1. The van der Waals surface area contributed by atoms with Gasteiger partial charge in [-0.1, -0.05) is 13.0 Å². The van der Waals surface area contributed by atoms with Crippen molar-refractivity contribution in [2.24, 2.45) is 11.7 Å². The van der Waals surface area contributed by atoms with E-state index in [4.69, 9.17) is 19.0 Å². The summed E-state index contributed by atoms with van der Waals surface area (Å²) in [7, 11) is 3.36. The molecule has 2 N–H and O–H groups in total. The van der Waals surface area contributed by atoms with Crippen molar-refractivity contribution < 1.29 is 19.0 Å². The van der Waals surface area contributed by atoms with Crippen LogP contribution < -0.4 is 15.2 Å². The Morgan fingerprint density at radius 1 is 1.06 bits per heavy atom. The van der Waals surface area contributed by atoms with Crippen molar-refractivity contribution in [3.05, 3.63) is 23.8 Å². The van der Waals surface area contributed by atoms with Gasteiger partial charge in [0.15, 0.2) is 11.5 Å². The Labute approximate surface area is 200 Å². The summed E-state index contributed by atoms with van der Waals surface area (Å²) in [5, 5.41) is 0. The summed E-state index contributed by atoms with van der Waals surface area (Å²) in [5.41, 5.74) is 5.49. The summed E-state index contributed by atoms with van der Waals surface area (Å²) >= 11 is 0. The Morgan fingerprint density at radius 3 is 2.30 bits per heavy atom. The van der Waals surface area contributed by atoms with Crippen molar-refractivity contribution in [2.45, 2.75) is 57.9 Å². The summed E-state index contributed by atoms with van der Waals surface area (Å²) in [4.78, 5) is 13.8. The second-order valence-corrected chi connectivity index (χ2v) is 9.21. The average Bonchev–Trinajstić information content (AvgIpc) is 3.52. The quantitative estimate of drug-likeness (QED) is 0.625. The number of ether oxygens (including phenoxy) is 3. The highest BCUT2D eigenvalue weighted by Gasteiger charge is 2.26. The zero-order valence-electron chi connectivity index (χ0n) is 21.0. The smallest absolute Gasteiger partial charge is 0.204 e. The maximum Gasteiger partial charge on any atom is 0.204 e. The number of likely N-dealkylation sites (tertiary alicyclic amines) is 2. The van der Waals surface area contributed by atoms with E-state index in [0.717, 1.165) is 43.1 Å². The summed E-state index contributed by atoms with van der Waals surface area (Å²) in [5.74, 6) is 2.56. The monoisotopic (exact) mass is 463 g/mol. The first-order valence-electron chi connectivity index (χ1n) is 12.5. The van der Waals surface area contributed by atoms with Crippen LogP contribution in [-0.2, 0) is 16.0 Å². The van der Waals surface area contributed by atoms with E-state index in [1.807, 2.05) is 6.07 Å². The third-order valence-corrected chi connectivity index (χ3v) is 6.75. The molecule has 0 unspecified atom stereocenters. The predicted octanol–water partition coefficient (Wildman–Crippen LogP) is 3.34. The molecule has 0 saturated carbocycles. The SMILES string of the molecule is COc1ccc(CCCN2CCCC2)cc1OC.C[C@@H]1CCN(C2CCOCC2)C1.NC=O. The Balaban J connectivity index is 0.000000221. The zero-order valence-corrected chi connectivity index (χ0v) is 21.0. The number of hydrogen-bond acceptors (Lipinski definition) is 6. The van der Waals surface area contributed by atoms with E-state index < -0.39 is 0 Å². The average molecular weight is 464 g/mol. The van der Waals surface area contributed by atoms with Crippen LogP contribution in [0.2, 0.25) is 0 Å². The predicted molar refractivity (Wildman–Crippen MR) is 133 cm³/mol. The van der Waals surface area contributed by atoms with E-state index in [0.29, 0.717) is 0 Å². The lowest BCUT2D eigenvalue weighted by molar-refractivity contribution is -0.106. The number of primary amides is 1.